The quantitative estimate of drug-likeness (QED) is 0.878. The Labute approximate surface area is 109 Å². The molecule has 1 atom stereocenters. The predicted octanol–water partition coefficient (Wildman–Crippen LogP) is 2.82. The molecule has 98 valence electrons. The van der Waals surface area contributed by atoms with Crippen LogP contribution in [0.25, 0.3) is 10.9 Å². The molecule has 0 amide bonds. The number of ether oxygens (including phenoxy) is 1. The minimum atomic E-state index is 0.464. The van der Waals surface area contributed by atoms with Gasteiger partial charge in [0, 0.05) is 24.2 Å². The molecule has 2 aromatic rings. The van der Waals surface area contributed by atoms with Crippen molar-refractivity contribution in [1.29, 1.82) is 0 Å². The van der Waals surface area contributed by atoms with Crippen LogP contribution in [-0.4, -0.2) is 24.8 Å². The predicted molar refractivity (Wildman–Crippen MR) is 76.4 cm³/mol. The summed E-state index contributed by atoms with van der Waals surface area (Å²) in [5.74, 6) is 0.970. The third kappa shape index (κ3) is 2.23. The Balaban J connectivity index is 2.57. The monoisotopic (exact) mass is 246 g/mol. The number of aromatic nitrogens is 1. The smallest absolute Gasteiger partial charge is 0.128 e. The minimum absolute atomic E-state index is 0.464. The van der Waals surface area contributed by atoms with Crippen molar-refractivity contribution in [2.75, 3.05) is 14.2 Å². The average Bonchev–Trinajstić information content (AvgIpc) is 2.76. The topological polar surface area (TPSA) is 26.2 Å². The molecule has 1 N–H and O–H groups in total. The lowest BCUT2D eigenvalue weighted by molar-refractivity contribution is 0.419. The Bertz CT molecular complexity index is 531. The minimum Gasteiger partial charge on any atom is -0.496 e. The van der Waals surface area contributed by atoms with Gasteiger partial charge in [-0.3, -0.25) is 0 Å². The van der Waals surface area contributed by atoms with Crippen LogP contribution in [0, 0.1) is 0 Å². The van der Waals surface area contributed by atoms with Crippen molar-refractivity contribution in [2.45, 2.75) is 32.9 Å². The number of nitrogens with zero attached hydrogens (tertiary/aromatic N) is 1. The van der Waals surface area contributed by atoms with E-state index in [1.165, 1.54) is 16.5 Å². The maximum Gasteiger partial charge on any atom is 0.128 e. The summed E-state index contributed by atoms with van der Waals surface area (Å²) in [6.07, 6.45) is 3.27. The maximum absolute atomic E-state index is 5.51. The summed E-state index contributed by atoms with van der Waals surface area (Å²) in [5.41, 5.74) is 2.61. The van der Waals surface area contributed by atoms with Crippen LogP contribution >= 0.6 is 0 Å². The first-order chi connectivity index (χ1) is 8.71. The van der Waals surface area contributed by atoms with Crippen LogP contribution in [0.5, 0.6) is 5.75 Å². The Morgan fingerprint density at radius 3 is 2.78 bits per heavy atom. The molecule has 1 aromatic carbocycles. The number of hydrogen-bond donors (Lipinski definition) is 1. The van der Waals surface area contributed by atoms with E-state index in [4.69, 9.17) is 4.74 Å². The lowest BCUT2D eigenvalue weighted by Crippen LogP contribution is -2.23. The highest BCUT2D eigenvalue weighted by molar-refractivity contribution is 5.90. The fraction of sp³-hybridized carbons (Fsp3) is 0.467. The highest BCUT2D eigenvalue weighted by Gasteiger charge is 2.13. The molecule has 0 radical (unpaired) electrons. The second-order valence-corrected chi connectivity index (χ2v) is 4.69. The Hall–Kier alpha value is -1.48. The van der Waals surface area contributed by atoms with Gasteiger partial charge in [-0.05, 0) is 45.0 Å². The van der Waals surface area contributed by atoms with Crippen LogP contribution in [0.4, 0.5) is 0 Å². The van der Waals surface area contributed by atoms with Crippen LogP contribution in [-0.2, 0) is 13.0 Å². The SMILES string of the molecule is CCn1cc(CC(C)NC)c2c(OC)cccc21. The molecule has 1 unspecified atom stereocenters. The summed E-state index contributed by atoms with van der Waals surface area (Å²) < 4.78 is 7.79. The molecule has 2 rings (SSSR count). The van der Waals surface area contributed by atoms with Crippen molar-refractivity contribution in [3.63, 3.8) is 0 Å². The van der Waals surface area contributed by atoms with Gasteiger partial charge in [0.1, 0.15) is 5.75 Å². The third-order valence-electron chi connectivity index (χ3n) is 3.53. The standard InChI is InChI=1S/C15H22N2O/c1-5-17-10-12(9-11(2)16-3)15-13(17)7-6-8-14(15)18-4/h6-8,10-11,16H,5,9H2,1-4H3. The van der Waals surface area contributed by atoms with Gasteiger partial charge in [-0.25, -0.2) is 0 Å². The molecule has 3 heteroatoms. The van der Waals surface area contributed by atoms with E-state index in [2.05, 4.69) is 42.1 Å². The lowest BCUT2D eigenvalue weighted by Gasteiger charge is -2.10. The second-order valence-electron chi connectivity index (χ2n) is 4.69. The van der Waals surface area contributed by atoms with Gasteiger partial charge in [0.25, 0.3) is 0 Å². The van der Waals surface area contributed by atoms with Gasteiger partial charge in [-0.1, -0.05) is 6.07 Å². The molecule has 1 aromatic heterocycles. The number of fused-ring (bicyclic) bond motifs is 1. The molecule has 0 fully saturated rings. The van der Waals surface area contributed by atoms with E-state index in [0.717, 1.165) is 18.7 Å². The van der Waals surface area contributed by atoms with Crippen LogP contribution in [0.15, 0.2) is 24.4 Å². The average molecular weight is 246 g/mol. The Morgan fingerprint density at radius 1 is 1.39 bits per heavy atom. The molecular formula is C15H22N2O. The van der Waals surface area contributed by atoms with E-state index in [1.54, 1.807) is 7.11 Å². The molecule has 0 aliphatic heterocycles. The van der Waals surface area contributed by atoms with E-state index in [1.807, 2.05) is 13.1 Å². The zero-order valence-electron chi connectivity index (χ0n) is 11.7. The Morgan fingerprint density at radius 2 is 2.17 bits per heavy atom. The number of nitrogens with one attached hydrogen (secondary N) is 1. The summed E-state index contributed by atoms with van der Waals surface area (Å²) in [5, 5.41) is 4.55. The normalized spacial score (nSPS) is 12.9. The first-order valence-electron chi connectivity index (χ1n) is 6.53. The van der Waals surface area contributed by atoms with Gasteiger partial charge in [-0.15, -0.1) is 0 Å². The van der Waals surface area contributed by atoms with Gasteiger partial charge in [0.05, 0.1) is 12.6 Å². The summed E-state index contributed by atoms with van der Waals surface area (Å²) in [6.45, 7) is 5.35. The van der Waals surface area contributed by atoms with E-state index in [9.17, 15) is 0 Å². The van der Waals surface area contributed by atoms with Crippen molar-refractivity contribution < 1.29 is 4.74 Å². The van der Waals surface area contributed by atoms with E-state index in [-0.39, 0.29) is 0 Å². The van der Waals surface area contributed by atoms with E-state index >= 15 is 0 Å². The molecule has 0 saturated heterocycles. The van der Waals surface area contributed by atoms with Crippen molar-refractivity contribution >= 4 is 10.9 Å². The Kier molecular flexibility index (Phi) is 3.92. The largest absolute Gasteiger partial charge is 0.496 e. The number of likely N-dealkylation sites (N-methyl/N-ethyl adjacent to an activating group) is 1. The number of hydrogen-bond acceptors (Lipinski definition) is 2. The second kappa shape index (κ2) is 5.44. The molecule has 18 heavy (non-hydrogen) atoms. The molecule has 3 nitrogen and oxygen atoms in total. The molecule has 0 aliphatic carbocycles. The van der Waals surface area contributed by atoms with Gasteiger partial charge < -0.3 is 14.6 Å². The third-order valence-corrected chi connectivity index (χ3v) is 3.53. The van der Waals surface area contributed by atoms with Gasteiger partial charge in [0.2, 0.25) is 0 Å². The maximum atomic E-state index is 5.51. The van der Waals surface area contributed by atoms with Crippen LogP contribution < -0.4 is 10.1 Å². The van der Waals surface area contributed by atoms with Gasteiger partial charge >= 0.3 is 0 Å². The zero-order valence-corrected chi connectivity index (χ0v) is 11.7. The number of methoxy groups -OCH3 is 1. The molecule has 0 saturated carbocycles. The molecule has 0 bridgehead atoms. The number of rotatable bonds is 5. The van der Waals surface area contributed by atoms with Crippen LogP contribution in [0.2, 0.25) is 0 Å². The molecule has 1 heterocycles. The molecular weight excluding hydrogens is 224 g/mol. The van der Waals surface area contributed by atoms with Crippen molar-refractivity contribution in [3.8, 4) is 5.75 Å². The first kappa shape index (κ1) is 13.0. The summed E-state index contributed by atoms with van der Waals surface area (Å²) in [4.78, 5) is 0. The van der Waals surface area contributed by atoms with Crippen molar-refractivity contribution in [2.24, 2.45) is 0 Å². The van der Waals surface area contributed by atoms with Crippen molar-refractivity contribution in [1.82, 2.24) is 9.88 Å². The highest BCUT2D eigenvalue weighted by Crippen LogP contribution is 2.31. The fourth-order valence-electron chi connectivity index (χ4n) is 2.42. The first-order valence-corrected chi connectivity index (χ1v) is 6.53. The van der Waals surface area contributed by atoms with Crippen LogP contribution in [0.1, 0.15) is 19.4 Å². The number of aryl methyl sites for hydroxylation is 1. The van der Waals surface area contributed by atoms with E-state index in [0.29, 0.717) is 6.04 Å². The zero-order chi connectivity index (χ0) is 13.1. The van der Waals surface area contributed by atoms with Crippen LogP contribution in [0.3, 0.4) is 0 Å². The summed E-state index contributed by atoms with van der Waals surface area (Å²) in [7, 11) is 3.74. The van der Waals surface area contributed by atoms with Gasteiger partial charge in [-0.2, -0.15) is 0 Å². The van der Waals surface area contributed by atoms with Gasteiger partial charge in [0.15, 0.2) is 0 Å². The van der Waals surface area contributed by atoms with E-state index < -0.39 is 0 Å². The highest BCUT2D eigenvalue weighted by atomic mass is 16.5. The number of benzene rings is 1. The summed E-state index contributed by atoms with van der Waals surface area (Å²) >= 11 is 0. The molecule has 0 aliphatic rings. The summed E-state index contributed by atoms with van der Waals surface area (Å²) in [6, 6.07) is 6.72. The lowest BCUT2D eigenvalue weighted by atomic mass is 10.1. The molecule has 0 spiro atoms. The fourth-order valence-corrected chi connectivity index (χ4v) is 2.42. The van der Waals surface area contributed by atoms with Crippen molar-refractivity contribution in [3.05, 3.63) is 30.0 Å².